The third-order valence-corrected chi connectivity index (χ3v) is 8.05. The molecule has 0 fully saturated rings. The van der Waals surface area contributed by atoms with Crippen LogP contribution in [0.15, 0.2) is 140 Å². The van der Waals surface area contributed by atoms with Crippen LogP contribution in [0.5, 0.6) is 0 Å². The summed E-state index contributed by atoms with van der Waals surface area (Å²) in [6.07, 6.45) is 5.08. The van der Waals surface area contributed by atoms with Gasteiger partial charge in [-0.15, -0.1) is 53.9 Å². The molecule has 4 nitrogen and oxygen atoms in total. The topological polar surface area (TPSA) is 43.6 Å². The van der Waals surface area contributed by atoms with Crippen LogP contribution in [0.25, 0.3) is 61.8 Å². The molecule has 54 heavy (non-hydrogen) atoms. The van der Waals surface area contributed by atoms with Crippen molar-refractivity contribution >= 4 is 19.4 Å². The van der Waals surface area contributed by atoms with E-state index in [1.807, 2.05) is 109 Å². The van der Waals surface area contributed by atoms with Gasteiger partial charge in [-0.2, -0.15) is 18.2 Å². The molecule has 3 aromatic heterocycles. The number of benzene rings is 5. The van der Waals surface area contributed by atoms with Crippen LogP contribution in [0.1, 0.15) is 26.3 Å². The average Bonchev–Trinajstić information content (AvgIpc) is 3.56. The van der Waals surface area contributed by atoms with Gasteiger partial charge in [-0.1, -0.05) is 63.2 Å². The number of pyridine rings is 2. The molecule has 0 bridgehead atoms. The molecule has 0 aliphatic carbocycles. The predicted molar refractivity (Wildman–Crippen MR) is 209 cm³/mol. The van der Waals surface area contributed by atoms with Crippen LogP contribution in [0, 0.1) is 44.0 Å². The maximum Gasteiger partial charge on any atom is 3.00 e. The third kappa shape index (κ3) is 11.2. The van der Waals surface area contributed by atoms with Gasteiger partial charge in [-0.25, -0.2) is 17.7 Å². The van der Waals surface area contributed by atoms with Gasteiger partial charge in [-0.3, -0.25) is 35.4 Å². The summed E-state index contributed by atoms with van der Waals surface area (Å²) in [5.74, 6) is 0.789. The monoisotopic (exact) mass is 1030 g/mol. The van der Waals surface area contributed by atoms with Crippen molar-refractivity contribution in [1.29, 1.82) is 0 Å². The van der Waals surface area contributed by atoms with Crippen LogP contribution < -0.4 is 0 Å². The van der Waals surface area contributed by atoms with Gasteiger partial charge < -0.3 is 38.6 Å². The second-order valence-electron chi connectivity index (χ2n) is 12.5. The Morgan fingerprint density at radius 1 is 0.648 bits per heavy atom. The fraction of sp³-hybridized carbons (Fsp3) is 0.0870. The zero-order chi connectivity index (χ0) is 33.6. The van der Waals surface area contributed by atoms with E-state index in [9.17, 15) is 0 Å². The van der Waals surface area contributed by atoms with Gasteiger partial charge >= 0.3 is 32.7 Å². The zero-order valence-corrected chi connectivity index (χ0v) is 38.7. The first-order valence-electron chi connectivity index (χ1n) is 16.1. The number of para-hydroxylation sites is 3. The summed E-state index contributed by atoms with van der Waals surface area (Å²) in [7, 11) is 0. The molecule has 5 radical (unpaired) electrons. The number of aromatic nitrogens is 4. The summed E-state index contributed by atoms with van der Waals surface area (Å²) in [6.45, 7) is 6.58. The van der Waals surface area contributed by atoms with Crippen LogP contribution in [-0.2, 0) is 90.9 Å². The Bertz CT molecular complexity index is 2290. The van der Waals surface area contributed by atoms with E-state index in [-0.39, 0.29) is 107 Å². The van der Waals surface area contributed by atoms with Crippen molar-refractivity contribution < 1.29 is 85.5 Å². The Balaban J connectivity index is 0.000000414. The minimum atomic E-state index is 0. The Morgan fingerprint density at radius 3 is 1.93 bits per heavy atom. The Morgan fingerprint density at radius 2 is 1.31 bits per heavy atom. The minimum Gasteiger partial charge on any atom is -0.393 e. The van der Waals surface area contributed by atoms with E-state index in [0.717, 1.165) is 56.1 Å². The van der Waals surface area contributed by atoms with E-state index in [1.54, 1.807) is 0 Å². The first-order chi connectivity index (χ1) is 23.9. The first-order valence-corrected chi connectivity index (χ1v) is 16.1. The van der Waals surface area contributed by atoms with Crippen LogP contribution in [0.3, 0.4) is 0 Å². The van der Waals surface area contributed by atoms with Crippen molar-refractivity contribution in [2.24, 2.45) is 0 Å². The van der Waals surface area contributed by atoms with E-state index in [1.165, 1.54) is 5.56 Å². The zero-order valence-electron chi connectivity index (χ0n) is 30.6. The van der Waals surface area contributed by atoms with Crippen LogP contribution in [0.4, 0.5) is 0 Å². The predicted octanol–water partition coefficient (Wildman–Crippen LogP) is 10.3. The second kappa shape index (κ2) is 21.8. The quantitative estimate of drug-likeness (QED) is 0.127. The first kappa shape index (κ1) is 46.9. The smallest absolute Gasteiger partial charge is 0.393 e. The van der Waals surface area contributed by atoms with Crippen molar-refractivity contribution in [3.8, 4) is 50.7 Å². The van der Waals surface area contributed by atoms with Gasteiger partial charge in [0.05, 0.1) is 11.0 Å². The van der Waals surface area contributed by atoms with Gasteiger partial charge in [0.25, 0.3) is 0 Å². The van der Waals surface area contributed by atoms with Crippen LogP contribution in [-0.4, -0.2) is 27.9 Å². The number of hydrogen-bond acceptors (Lipinski definition) is 3. The normalized spacial score (nSPS) is 10.1. The van der Waals surface area contributed by atoms with Gasteiger partial charge in [0, 0.05) is 73.1 Å². The van der Waals surface area contributed by atoms with Crippen molar-refractivity contribution in [2.45, 2.75) is 26.2 Å². The van der Waals surface area contributed by atoms with E-state index in [4.69, 9.17) is 4.98 Å². The summed E-state index contributed by atoms with van der Waals surface area (Å²) >= 11 is 0. The number of rotatable bonds is 5. The molecule has 0 N–H and O–H groups in total. The summed E-state index contributed by atoms with van der Waals surface area (Å²) in [6, 6.07) is 60.3. The summed E-state index contributed by atoms with van der Waals surface area (Å²) in [5, 5.41) is 0. The van der Waals surface area contributed by atoms with Crippen molar-refractivity contribution in [2.75, 3.05) is 0 Å². The molecule has 3 heterocycles. The van der Waals surface area contributed by atoms with E-state index in [2.05, 4.69) is 102 Å². The van der Waals surface area contributed by atoms with E-state index in [0.29, 0.717) is 5.69 Å². The number of hydrogen-bond donors (Lipinski definition) is 0. The molecule has 0 aliphatic heterocycles. The molecule has 5 aromatic carbocycles. The third-order valence-electron chi connectivity index (χ3n) is 8.05. The molecule has 0 amide bonds. The number of imidazole rings is 1. The van der Waals surface area contributed by atoms with Crippen LogP contribution in [0.2, 0.25) is 0 Å². The van der Waals surface area contributed by atoms with Gasteiger partial charge in [0.15, 0.2) is 0 Å². The number of fused-ring (bicyclic) bond motifs is 1. The molecular formula is C46H35BIrN4Y2-4. The Kier molecular flexibility index (Phi) is 18.9. The molecular weight excluding hydrogens is 989 g/mol. The average molecular weight is 1020 g/mol. The van der Waals surface area contributed by atoms with Gasteiger partial charge in [-0.05, 0) is 46.8 Å². The molecule has 0 aliphatic rings. The standard InChI is InChI=1S/C30H16N3.C15H16N.CH3.B.Ir.2Y/c1-3-10-22(11-4-1)27-19-18-25(21-31-27)23-12-9-13-24(20-23)30-32-28-16-7-8-17-29(28)33(30)26-14-5-2-6-15-26;1-15(2,3)13-9-10-14(16-11-13)12-7-5-4-6-8-12;;;;;/h1-10,12,14-18H;4-7,9-11H,1-3H3;1H3;;;;/q-5;2*-1;;;;+3. The maximum absolute atomic E-state index is 4.91. The van der Waals surface area contributed by atoms with E-state index >= 15 is 0 Å². The van der Waals surface area contributed by atoms with Crippen molar-refractivity contribution in [3.05, 3.63) is 189 Å². The minimum absolute atomic E-state index is 0. The molecule has 0 spiro atoms. The van der Waals surface area contributed by atoms with Crippen LogP contribution >= 0.6 is 0 Å². The summed E-state index contributed by atoms with van der Waals surface area (Å²) in [4.78, 5) is 13.9. The van der Waals surface area contributed by atoms with Gasteiger partial charge in [0.1, 0.15) is 0 Å². The Labute approximate surface area is 386 Å². The van der Waals surface area contributed by atoms with Crippen molar-refractivity contribution in [1.82, 2.24) is 19.5 Å². The molecule has 0 saturated carbocycles. The SMILES string of the molecule is CC(C)(C)c1ccc(-c2[c-]cccc2)nc1.[B].[CH3-].[Ir].[Y+3].[Y].[c-]1ccc(-c2[c-]nc(-c3[c-]cccc3)[c-]c2)[c-]c1-c1nc2ccccc2n1-c1ccccc1. The fourth-order valence-corrected chi connectivity index (χ4v) is 5.42. The van der Waals surface area contributed by atoms with E-state index < -0.39 is 0 Å². The second-order valence-corrected chi connectivity index (χ2v) is 12.5. The van der Waals surface area contributed by atoms with Gasteiger partial charge in [0.2, 0.25) is 0 Å². The molecule has 0 atom stereocenters. The van der Waals surface area contributed by atoms with Crippen molar-refractivity contribution in [3.63, 3.8) is 0 Å². The largest absolute Gasteiger partial charge is 3.00 e. The maximum atomic E-state index is 4.91. The molecule has 8 aromatic rings. The Hall–Kier alpha value is -3.21. The molecule has 8 heteroatoms. The molecule has 0 unspecified atom stereocenters. The molecule has 0 saturated heterocycles. The summed E-state index contributed by atoms with van der Waals surface area (Å²) in [5.41, 5.74) is 10.5. The fourth-order valence-electron chi connectivity index (χ4n) is 5.42. The molecule has 8 rings (SSSR count). The summed E-state index contributed by atoms with van der Waals surface area (Å²) < 4.78 is 2.14. The number of nitrogens with zero attached hydrogens (tertiary/aromatic N) is 4. The molecule has 261 valence electrons.